The SMILES string of the molecule is C=CCC1C=CC=C/C1=C\CN(c1ccc(C2=CC(/C=C/CC(C=C)N(c3ccc(-c4ccccc4)cc3)c3cccc4ccccc34)CC=C2)cc1)C1CC=C(C2=CC=CCC2)CC1. The highest BCUT2D eigenvalue weighted by Gasteiger charge is 2.24. The van der Waals surface area contributed by atoms with Gasteiger partial charge in [0.05, 0.1) is 6.04 Å². The highest BCUT2D eigenvalue weighted by atomic mass is 15.2. The van der Waals surface area contributed by atoms with Crippen molar-refractivity contribution in [3.05, 3.63) is 254 Å². The van der Waals surface area contributed by atoms with E-state index in [1.807, 2.05) is 6.08 Å². The van der Waals surface area contributed by atoms with Gasteiger partial charge in [-0.2, -0.15) is 0 Å². The summed E-state index contributed by atoms with van der Waals surface area (Å²) in [4.78, 5) is 5.12. The van der Waals surface area contributed by atoms with E-state index in [2.05, 4.69) is 235 Å². The molecule has 4 atom stereocenters. The largest absolute Gasteiger partial charge is 0.364 e. The summed E-state index contributed by atoms with van der Waals surface area (Å²) < 4.78 is 0. The maximum Gasteiger partial charge on any atom is 0.0554 e. The summed E-state index contributed by atoms with van der Waals surface area (Å²) in [5, 5.41) is 2.47. The third-order valence-corrected chi connectivity index (χ3v) is 13.6. The van der Waals surface area contributed by atoms with E-state index in [0.29, 0.717) is 17.9 Å². The van der Waals surface area contributed by atoms with Crippen LogP contribution in [0.2, 0.25) is 0 Å². The van der Waals surface area contributed by atoms with Crippen molar-refractivity contribution in [2.24, 2.45) is 11.8 Å². The Balaban J connectivity index is 0.931. The number of fused-ring (bicyclic) bond motifs is 1. The first kappa shape index (κ1) is 43.4. The molecule has 324 valence electrons. The van der Waals surface area contributed by atoms with E-state index >= 15 is 0 Å². The molecule has 0 heterocycles. The second-order valence-corrected chi connectivity index (χ2v) is 17.8. The third-order valence-electron chi connectivity index (χ3n) is 13.6. The van der Waals surface area contributed by atoms with Crippen molar-refractivity contribution in [3.8, 4) is 11.1 Å². The topological polar surface area (TPSA) is 6.48 Å². The molecule has 5 aromatic rings. The Kier molecular flexibility index (Phi) is 14.1. The van der Waals surface area contributed by atoms with Crippen molar-refractivity contribution in [2.45, 2.75) is 63.5 Å². The van der Waals surface area contributed by atoms with E-state index in [9.17, 15) is 0 Å². The van der Waals surface area contributed by atoms with Crippen molar-refractivity contribution in [1.29, 1.82) is 0 Å². The second-order valence-electron chi connectivity index (χ2n) is 17.8. The summed E-state index contributed by atoms with van der Waals surface area (Å²) in [5.74, 6) is 0.708. The minimum atomic E-state index is 0.0552. The number of hydrogen-bond acceptors (Lipinski definition) is 2. The minimum absolute atomic E-state index is 0.0552. The zero-order chi connectivity index (χ0) is 44.2. The number of allylic oxidation sites excluding steroid dienone is 16. The van der Waals surface area contributed by atoms with E-state index < -0.39 is 0 Å². The van der Waals surface area contributed by atoms with E-state index in [0.717, 1.165) is 50.8 Å². The minimum Gasteiger partial charge on any atom is -0.364 e. The lowest BCUT2D eigenvalue weighted by molar-refractivity contribution is 0.547. The van der Waals surface area contributed by atoms with E-state index in [-0.39, 0.29) is 6.04 Å². The average molecular weight is 847 g/mol. The van der Waals surface area contributed by atoms with Gasteiger partial charge in [0.2, 0.25) is 0 Å². The maximum atomic E-state index is 4.39. The van der Waals surface area contributed by atoms with Gasteiger partial charge in [-0.25, -0.2) is 0 Å². The Labute approximate surface area is 388 Å². The lowest BCUT2D eigenvalue weighted by Gasteiger charge is -2.36. The molecule has 4 aliphatic rings. The van der Waals surface area contributed by atoms with Gasteiger partial charge in [-0.15, -0.1) is 13.2 Å². The van der Waals surface area contributed by atoms with E-state index in [4.69, 9.17) is 0 Å². The first-order valence-corrected chi connectivity index (χ1v) is 23.8. The molecule has 0 radical (unpaired) electrons. The quantitative estimate of drug-likeness (QED) is 0.0913. The van der Waals surface area contributed by atoms with Crippen LogP contribution < -0.4 is 9.80 Å². The second kappa shape index (κ2) is 21.2. The van der Waals surface area contributed by atoms with Gasteiger partial charge in [0, 0.05) is 41.0 Å². The molecule has 5 aromatic carbocycles. The molecule has 0 fully saturated rings. The van der Waals surface area contributed by atoms with Crippen molar-refractivity contribution in [2.75, 3.05) is 16.3 Å². The van der Waals surface area contributed by atoms with Gasteiger partial charge in [0.1, 0.15) is 0 Å². The Morgan fingerprint density at radius 1 is 0.692 bits per heavy atom. The van der Waals surface area contributed by atoms with Crippen LogP contribution in [0.4, 0.5) is 17.1 Å². The highest BCUT2D eigenvalue weighted by Crippen LogP contribution is 2.38. The van der Waals surface area contributed by atoms with Crippen LogP contribution in [0.3, 0.4) is 0 Å². The van der Waals surface area contributed by atoms with Crippen LogP contribution >= 0.6 is 0 Å². The van der Waals surface area contributed by atoms with Crippen LogP contribution in [-0.2, 0) is 0 Å². The number of benzene rings is 5. The zero-order valence-corrected chi connectivity index (χ0v) is 37.8. The Morgan fingerprint density at radius 2 is 1.48 bits per heavy atom. The number of rotatable bonds is 16. The summed E-state index contributed by atoms with van der Waals surface area (Å²) >= 11 is 0. The average Bonchev–Trinajstić information content (AvgIpc) is 3.38. The molecule has 2 nitrogen and oxygen atoms in total. The van der Waals surface area contributed by atoms with Gasteiger partial charge in [-0.3, -0.25) is 0 Å². The number of anilines is 3. The van der Waals surface area contributed by atoms with E-state index in [1.165, 1.54) is 68.4 Å². The normalized spacial score (nSPS) is 20.3. The summed E-state index contributed by atoms with van der Waals surface area (Å²) in [6.07, 6.45) is 45.3. The standard InChI is InChI=1S/C63H62N2/c1-3-18-49-25-11-12-26-52(49)45-46-64(59-39-33-53(34-40-59)50-21-7-5-8-22-50)60-41-35-55(36-42-60)57-29-15-19-48(47-57)20-16-30-58(4-2)65(63-32-17-28-56-27-13-14-31-62(56)63)61-43-37-54(38-44-61)51-23-9-6-10-24-51/h3-7,9-17,20-21,23-29,31-33,35-38,41-45,47-49,58-59H,1-2,8,18-19,22,30,34,39-40,46H2/b20-16+,52-45+. The maximum absolute atomic E-state index is 4.39. The summed E-state index contributed by atoms with van der Waals surface area (Å²) in [6, 6.07) is 44.8. The van der Waals surface area contributed by atoms with Gasteiger partial charge in [-0.05, 0) is 132 Å². The van der Waals surface area contributed by atoms with Crippen molar-refractivity contribution < 1.29 is 0 Å². The Morgan fingerprint density at radius 3 is 2.26 bits per heavy atom. The number of hydrogen-bond donors (Lipinski definition) is 0. The van der Waals surface area contributed by atoms with Crippen molar-refractivity contribution in [1.82, 2.24) is 0 Å². The summed E-state index contributed by atoms with van der Waals surface area (Å²) in [7, 11) is 0. The first-order valence-electron chi connectivity index (χ1n) is 23.8. The Bertz CT molecular complexity index is 2720. The van der Waals surface area contributed by atoms with Crippen LogP contribution in [0, 0.1) is 11.8 Å². The molecule has 0 aliphatic heterocycles. The van der Waals surface area contributed by atoms with Crippen molar-refractivity contribution >= 4 is 33.4 Å². The molecule has 9 rings (SSSR count). The number of nitrogens with zero attached hydrogens (tertiary/aromatic N) is 2. The van der Waals surface area contributed by atoms with Crippen LogP contribution in [0.15, 0.2) is 248 Å². The van der Waals surface area contributed by atoms with Gasteiger partial charge >= 0.3 is 0 Å². The molecule has 0 bridgehead atoms. The van der Waals surface area contributed by atoms with Gasteiger partial charge in [-0.1, -0.05) is 188 Å². The fourth-order valence-corrected chi connectivity index (χ4v) is 10.1. The van der Waals surface area contributed by atoms with Crippen molar-refractivity contribution in [3.63, 3.8) is 0 Å². The molecule has 2 heteroatoms. The molecule has 0 N–H and O–H groups in total. The molecular formula is C63H62N2. The molecular weight excluding hydrogens is 785 g/mol. The molecule has 4 aliphatic carbocycles. The molecule has 0 aromatic heterocycles. The molecule has 0 spiro atoms. The van der Waals surface area contributed by atoms with Gasteiger partial charge in [0.15, 0.2) is 0 Å². The third kappa shape index (κ3) is 10.4. The lowest BCUT2D eigenvalue weighted by Crippen LogP contribution is -2.37. The Hall–Kier alpha value is -6.90. The fraction of sp³-hybridized carbons (Fsp3) is 0.206. The molecule has 65 heavy (non-hydrogen) atoms. The van der Waals surface area contributed by atoms with Gasteiger partial charge < -0.3 is 9.80 Å². The van der Waals surface area contributed by atoms with Crippen LogP contribution in [0.1, 0.15) is 56.9 Å². The van der Waals surface area contributed by atoms with Gasteiger partial charge in [0.25, 0.3) is 0 Å². The molecule has 0 amide bonds. The predicted octanol–water partition coefficient (Wildman–Crippen LogP) is 16.6. The highest BCUT2D eigenvalue weighted by molar-refractivity contribution is 5.96. The molecule has 0 saturated carbocycles. The smallest absolute Gasteiger partial charge is 0.0554 e. The fourth-order valence-electron chi connectivity index (χ4n) is 10.1. The monoisotopic (exact) mass is 846 g/mol. The van der Waals surface area contributed by atoms with E-state index in [1.54, 1.807) is 5.57 Å². The van der Waals surface area contributed by atoms with Crippen LogP contribution in [0.5, 0.6) is 0 Å². The predicted molar refractivity (Wildman–Crippen MR) is 282 cm³/mol. The summed E-state index contributed by atoms with van der Waals surface area (Å²) in [6.45, 7) is 9.32. The molecule has 0 saturated heterocycles. The van der Waals surface area contributed by atoms with Crippen LogP contribution in [-0.4, -0.2) is 18.6 Å². The zero-order valence-electron chi connectivity index (χ0n) is 37.8. The molecule has 4 unspecified atom stereocenters. The van der Waals surface area contributed by atoms with Crippen LogP contribution in [0.25, 0.3) is 27.5 Å². The first-order chi connectivity index (χ1) is 32.1. The lowest BCUT2D eigenvalue weighted by atomic mass is 9.86. The summed E-state index contributed by atoms with van der Waals surface area (Å²) in [5.41, 5.74) is 13.1.